The van der Waals surface area contributed by atoms with E-state index < -0.39 is 5.97 Å². The molecule has 8 heteroatoms. The van der Waals surface area contributed by atoms with Gasteiger partial charge in [-0.1, -0.05) is 6.07 Å². The first-order chi connectivity index (χ1) is 13.0. The molecule has 1 atom stereocenters. The van der Waals surface area contributed by atoms with Gasteiger partial charge in [0.1, 0.15) is 17.3 Å². The van der Waals surface area contributed by atoms with Crippen LogP contribution in [0.15, 0.2) is 30.3 Å². The number of nitrogens with one attached hydrogen (secondary N) is 2. The van der Waals surface area contributed by atoms with Gasteiger partial charge in [-0.2, -0.15) is 0 Å². The quantitative estimate of drug-likeness (QED) is 0.753. The Morgan fingerprint density at radius 1 is 1.30 bits per heavy atom. The third-order valence-corrected chi connectivity index (χ3v) is 4.15. The molecule has 1 aromatic heterocycles. The molecule has 0 radical (unpaired) electrons. The molecule has 27 heavy (non-hydrogen) atoms. The summed E-state index contributed by atoms with van der Waals surface area (Å²) in [5, 5.41) is 5.94. The molecule has 2 aromatic rings. The number of aryl methyl sites for hydroxylation is 1. The summed E-state index contributed by atoms with van der Waals surface area (Å²) in [6.45, 7) is 3.15. The Bertz CT molecular complexity index is 834. The minimum Gasteiger partial charge on any atom is -0.465 e. The molecule has 0 spiro atoms. The summed E-state index contributed by atoms with van der Waals surface area (Å²) >= 11 is 0. The number of carbonyl (C=O) groups is 2. The van der Waals surface area contributed by atoms with E-state index in [9.17, 15) is 9.59 Å². The number of benzene rings is 1. The molecule has 1 aromatic carbocycles. The Balaban J connectivity index is 1.69. The van der Waals surface area contributed by atoms with Crippen molar-refractivity contribution in [3.8, 4) is 0 Å². The van der Waals surface area contributed by atoms with Gasteiger partial charge in [0, 0.05) is 24.9 Å². The molecule has 2 heterocycles. The molecule has 142 valence electrons. The maximum atomic E-state index is 12.6. The van der Waals surface area contributed by atoms with Crippen molar-refractivity contribution in [1.82, 2.24) is 9.97 Å². The molecule has 1 fully saturated rings. The zero-order chi connectivity index (χ0) is 19.2. The molecule has 1 unspecified atom stereocenters. The van der Waals surface area contributed by atoms with Gasteiger partial charge in [-0.25, -0.2) is 14.8 Å². The average molecular weight is 370 g/mol. The monoisotopic (exact) mass is 370 g/mol. The fourth-order valence-corrected chi connectivity index (χ4v) is 2.84. The Kier molecular flexibility index (Phi) is 5.97. The lowest BCUT2D eigenvalue weighted by Gasteiger charge is -2.12. The minimum atomic E-state index is -0.468. The molecule has 1 aliphatic rings. The largest absolute Gasteiger partial charge is 0.465 e. The van der Waals surface area contributed by atoms with Crippen molar-refractivity contribution in [3.05, 3.63) is 47.4 Å². The number of aromatic nitrogens is 2. The fraction of sp³-hybridized carbons (Fsp3) is 0.368. The van der Waals surface area contributed by atoms with Crippen LogP contribution in [-0.2, 0) is 9.47 Å². The van der Waals surface area contributed by atoms with Crippen LogP contribution in [0.4, 0.5) is 11.5 Å². The Hall–Kier alpha value is -3.00. The number of anilines is 2. The zero-order valence-electron chi connectivity index (χ0n) is 15.3. The van der Waals surface area contributed by atoms with Crippen LogP contribution in [0.2, 0.25) is 0 Å². The van der Waals surface area contributed by atoms with Crippen molar-refractivity contribution in [3.63, 3.8) is 0 Å². The van der Waals surface area contributed by atoms with Crippen LogP contribution >= 0.6 is 0 Å². The number of methoxy groups -OCH3 is 1. The Morgan fingerprint density at radius 3 is 2.89 bits per heavy atom. The number of carbonyl (C=O) groups excluding carboxylic acids is 2. The SMILES string of the molecule is COC(=O)c1cccc(NC(=O)c2cc(NCC3CCCO3)nc(C)n2)c1. The maximum absolute atomic E-state index is 12.6. The second kappa shape index (κ2) is 8.59. The lowest BCUT2D eigenvalue weighted by molar-refractivity contribution is 0.0600. The van der Waals surface area contributed by atoms with Crippen LogP contribution in [0, 0.1) is 6.92 Å². The predicted molar refractivity (Wildman–Crippen MR) is 100.0 cm³/mol. The first kappa shape index (κ1) is 18.8. The van der Waals surface area contributed by atoms with Gasteiger partial charge in [-0.05, 0) is 38.0 Å². The minimum absolute atomic E-state index is 0.165. The molecule has 0 aliphatic carbocycles. The van der Waals surface area contributed by atoms with Crippen molar-refractivity contribution >= 4 is 23.4 Å². The summed E-state index contributed by atoms with van der Waals surface area (Å²) in [6.07, 6.45) is 2.24. The number of amides is 1. The first-order valence-corrected chi connectivity index (χ1v) is 8.76. The van der Waals surface area contributed by atoms with Gasteiger partial charge in [-0.3, -0.25) is 4.79 Å². The number of esters is 1. The van der Waals surface area contributed by atoms with Gasteiger partial charge in [0.25, 0.3) is 5.91 Å². The van der Waals surface area contributed by atoms with Crippen molar-refractivity contribution in [1.29, 1.82) is 0 Å². The topological polar surface area (TPSA) is 102 Å². The van der Waals surface area contributed by atoms with Crippen LogP contribution < -0.4 is 10.6 Å². The van der Waals surface area contributed by atoms with Crippen LogP contribution in [0.5, 0.6) is 0 Å². The highest BCUT2D eigenvalue weighted by Gasteiger charge is 2.16. The van der Waals surface area contributed by atoms with Crippen molar-refractivity contribution in [2.45, 2.75) is 25.9 Å². The number of rotatable bonds is 6. The number of hydrogen-bond donors (Lipinski definition) is 2. The number of nitrogens with zero attached hydrogens (tertiary/aromatic N) is 2. The number of ether oxygens (including phenoxy) is 2. The van der Waals surface area contributed by atoms with Crippen LogP contribution in [0.25, 0.3) is 0 Å². The first-order valence-electron chi connectivity index (χ1n) is 8.76. The molecule has 1 amide bonds. The molecule has 2 N–H and O–H groups in total. The van der Waals surface area contributed by atoms with Gasteiger partial charge >= 0.3 is 5.97 Å². The van der Waals surface area contributed by atoms with Gasteiger partial charge in [-0.15, -0.1) is 0 Å². The summed E-state index contributed by atoms with van der Waals surface area (Å²) in [5.41, 5.74) is 1.07. The van der Waals surface area contributed by atoms with Crippen molar-refractivity contribution in [2.75, 3.05) is 30.9 Å². The van der Waals surface area contributed by atoms with Gasteiger partial charge in [0.05, 0.1) is 18.8 Å². The highest BCUT2D eigenvalue weighted by molar-refractivity contribution is 6.04. The van der Waals surface area contributed by atoms with Crippen LogP contribution in [0.3, 0.4) is 0 Å². The summed E-state index contributed by atoms with van der Waals surface area (Å²) in [7, 11) is 1.31. The second-order valence-corrected chi connectivity index (χ2v) is 6.23. The standard InChI is InChI=1S/C19H22N4O4/c1-12-21-16(10-17(22-12)20-11-15-7-4-8-27-15)18(24)23-14-6-3-5-13(9-14)19(25)26-2/h3,5-6,9-10,15H,4,7-8,11H2,1-2H3,(H,23,24)(H,20,21,22). The van der Waals surface area contributed by atoms with Crippen LogP contribution in [-0.4, -0.2) is 48.2 Å². The molecular formula is C19H22N4O4. The summed E-state index contributed by atoms with van der Waals surface area (Å²) < 4.78 is 10.3. The normalized spacial score (nSPS) is 16.0. The van der Waals surface area contributed by atoms with Gasteiger partial charge in [0.2, 0.25) is 0 Å². The van der Waals surface area contributed by atoms with Crippen molar-refractivity contribution < 1.29 is 19.1 Å². The highest BCUT2D eigenvalue weighted by Crippen LogP contribution is 2.16. The molecule has 1 aliphatic heterocycles. The molecule has 1 saturated heterocycles. The van der Waals surface area contributed by atoms with E-state index in [2.05, 4.69) is 20.6 Å². The van der Waals surface area contributed by atoms with E-state index in [1.807, 2.05) is 0 Å². The van der Waals surface area contributed by atoms with E-state index in [1.165, 1.54) is 7.11 Å². The Labute approximate surface area is 157 Å². The second-order valence-electron chi connectivity index (χ2n) is 6.23. The van der Waals surface area contributed by atoms with Gasteiger partial charge < -0.3 is 20.1 Å². The maximum Gasteiger partial charge on any atom is 0.337 e. The predicted octanol–water partition coefficient (Wildman–Crippen LogP) is 2.41. The number of hydrogen-bond acceptors (Lipinski definition) is 7. The summed E-state index contributed by atoms with van der Waals surface area (Å²) in [5.74, 6) is 0.208. The van der Waals surface area contributed by atoms with E-state index in [-0.39, 0.29) is 17.7 Å². The Morgan fingerprint density at radius 2 is 2.15 bits per heavy atom. The average Bonchev–Trinajstić information content (AvgIpc) is 3.19. The van der Waals surface area contributed by atoms with Gasteiger partial charge in [0.15, 0.2) is 0 Å². The molecule has 0 bridgehead atoms. The third-order valence-electron chi connectivity index (χ3n) is 4.15. The molecule has 3 rings (SSSR count). The van der Waals surface area contributed by atoms with Crippen LogP contribution in [0.1, 0.15) is 39.5 Å². The smallest absolute Gasteiger partial charge is 0.337 e. The lowest BCUT2D eigenvalue weighted by Crippen LogP contribution is -2.20. The molecule has 0 saturated carbocycles. The van der Waals surface area contributed by atoms with E-state index in [4.69, 9.17) is 9.47 Å². The molecular weight excluding hydrogens is 348 g/mol. The zero-order valence-corrected chi connectivity index (χ0v) is 15.3. The summed E-state index contributed by atoms with van der Waals surface area (Å²) in [6, 6.07) is 8.12. The lowest BCUT2D eigenvalue weighted by atomic mass is 10.2. The van der Waals surface area contributed by atoms with E-state index >= 15 is 0 Å². The fourth-order valence-electron chi connectivity index (χ4n) is 2.84. The molecule has 8 nitrogen and oxygen atoms in total. The summed E-state index contributed by atoms with van der Waals surface area (Å²) in [4.78, 5) is 32.7. The van der Waals surface area contributed by atoms with E-state index in [0.717, 1.165) is 19.4 Å². The highest BCUT2D eigenvalue weighted by atomic mass is 16.5. The van der Waals surface area contributed by atoms with Crippen molar-refractivity contribution in [2.24, 2.45) is 0 Å². The third kappa shape index (κ3) is 5.01. The van der Waals surface area contributed by atoms with E-state index in [0.29, 0.717) is 29.4 Å². The van der Waals surface area contributed by atoms with E-state index in [1.54, 1.807) is 37.3 Å².